The molecule has 0 spiro atoms. The van der Waals surface area contributed by atoms with E-state index in [9.17, 15) is 9.59 Å². The molecule has 148 valence electrons. The number of nitrogens with zero attached hydrogens (tertiary/aromatic N) is 2. The molecule has 2 aromatic rings. The van der Waals surface area contributed by atoms with E-state index in [0.717, 1.165) is 6.42 Å². The van der Waals surface area contributed by atoms with Crippen LogP contribution in [0.1, 0.15) is 23.2 Å². The van der Waals surface area contributed by atoms with E-state index in [2.05, 4.69) is 0 Å². The van der Waals surface area contributed by atoms with Gasteiger partial charge in [-0.15, -0.1) is 0 Å². The Labute approximate surface area is 169 Å². The lowest BCUT2D eigenvalue weighted by atomic mass is 10.1. The highest BCUT2D eigenvalue weighted by molar-refractivity contribution is 6.31. The van der Waals surface area contributed by atoms with E-state index in [1.54, 1.807) is 42.2 Å². The number of anilines is 1. The predicted octanol–water partition coefficient (Wildman–Crippen LogP) is 3.63. The summed E-state index contributed by atoms with van der Waals surface area (Å²) in [4.78, 5) is 28.3. The lowest BCUT2D eigenvalue weighted by Gasteiger charge is -2.23. The van der Waals surface area contributed by atoms with E-state index in [-0.39, 0.29) is 11.8 Å². The van der Waals surface area contributed by atoms with Crippen molar-refractivity contribution in [3.63, 3.8) is 0 Å². The van der Waals surface area contributed by atoms with Gasteiger partial charge in [-0.25, -0.2) is 0 Å². The molecular weight excluding hydrogens is 380 g/mol. The molecule has 1 heterocycles. The minimum Gasteiger partial charge on any atom is -0.493 e. The van der Waals surface area contributed by atoms with Gasteiger partial charge in [0.15, 0.2) is 11.5 Å². The molecular formula is C21H23ClN2O4. The van der Waals surface area contributed by atoms with Gasteiger partial charge in [0.25, 0.3) is 5.91 Å². The Balaban J connectivity index is 1.69. The number of rotatable bonds is 7. The summed E-state index contributed by atoms with van der Waals surface area (Å²) in [5.41, 5.74) is 1.02. The van der Waals surface area contributed by atoms with Crippen LogP contribution < -0.4 is 14.4 Å². The number of carbonyl (C=O) groups is 2. The van der Waals surface area contributed by atoms with Gasteiger partial charge in [-0.3, -0.25) is 9.59 Å². The zero-order chi connectivity index (χ0) is 20.1. The van der Waals surface area contributed by atoms with Crippen LogP contribution in [0.3, 0.4) is 0 Å². The number of para-hydroxylation sites is 2. The third-order valence-corrected chi connectivity index (χ3v) is 4.89. The van der Waals surface area contributed by atoms with Gasteiger partial charge in [0.2, 0.25) is 5.91 Å². The number of likely N-dealkylation sites (N-methyl/N-ethyl adjacent to an activating group) is 1. The Morgan fingerprint density at radius 1 is 1.21 bits per heavy atom. The van der Waals surface area contributed by atoms with Crippen molar-refractivity contribution in [1.29, 1.82) is 0 Å². The van der Waals surface area contributed by atoms with Gasteiger partial charge in [-0.1, -0.05) is 23.7 Å². The molecule has 0 bridgehead atoms. The highest BCUT2D eigenvalue weighted by atomic mass is 35.5. The molecule has 2 amide bonds. The zero-order valence-electron chi connectivity index (χ0n) is 16.0. The molecule has 0 radical (unpaired) electrons. The van der Waals surface area contributed by atoms with Crippen molar-refractivity contribution in [2.24, 2.45) is 0 Å². The molecule has 0 atom stereocenters. The van der Waals surface area contributed by atoms with Crippen molar-refractivity contribution in [2.75, 3.05) is 38.8 Å². The fourth-order valence-electron chi connectivity index (χ4n) is 3.15. The number of hydrogen-bond acceptors (Lipinski definition) is 4. The van der Waals surface area contributed by atoms with Crippen LogP contribution in [0.4, 0.5) is 5.69 Å². The number of hydrogen-bond donors (Lipinski definition) is 0. The largest absolute Gasteiger partial charge is 0.493 e. The number of halogens is 1. The molecule has 28 heavy (non-hydrogen) atoms. The second-order valence-corrected chi connectivity index (χ2v) is 6.97. The molecule has 0 unspecified atom stereocenters. The minimum atomic E-state index is -0.185. The molecule has 2 aromatic carbocycles. The first-order valence-electron chi connectivity index (χ1n) is 9.12. The third kappa shape index (κ3) is 4.39. The molecule has 3 rings (SSSR count). The maximum absolute atomic E-state index is 13.0. The van der Waals surface area contributed by atoms with E-state index in [1.165, 1.54) is 0 Å². The zero-order valence-corrected chi connectivity index (χ0v) is 16.7. The predicted molar refractivity (Wildman–Crippen MR) is 108 cm³/mol. The fraction of sp³-hybridized carbons (Fsp3) is 0.333. The Morgan fingerprint density at radius 3 is 2.64 bits per heavy atom. The molecule has 1 fully saturated rings. The highest BCUT2D eigenvalue weighted by Gasteiger charge is 2.27. The first-order chi connectivity index (χ1) is 13.5. The molecule has 0 N–H and O–H groups in total. The van der Waals surface area contributed by atoms with Crippen LogP contribution in [0.2, 0.25) is 5.02 Å². The third-order valence-electron chi connectivity index (χ3n) is 4.65. The number of amides is 2. The molecule has 0 aromatic heterocycles. The van der Waals surface area contributed by atoms with E-state index < -0.39 is 0 Å². The van der Waals surface area contributed by atoms with E-state index in [4.69, 9.17) is 21.1 Å². The summed E-state index contributed by atoms with van der Waals surface area (Å²) in [7, 11) is 3.29. The second-order valence-electron chi connectivity index (χ2n) is 6.54. The van der Waals surface area contributed by atoms with Crippen LogP contribution in [0.25, 0.3) is 0 Å². The molecule has 0 saturated carbocycles. The second kappa shape index (κ2) is 8.97. The average Bonchev–Trinajstić information content (AvgIpc) is 3.13. The molecule has 6 nitrogen and oxygen atoms in total. The number of ether oxygens (including phenoxy) is 2. The van der Waals surface area contributed by atoms with Gasteiger partial charge in [-0.05, 0) is 36.8 Å². The number of carbonyl (C=O) groups excluding carboxylic acids is 2. The number of methoxy groups -OCH3 is 1. The van der Waals surface area contributed by atoms with Crippen molar-refractivity contribution in [3.8, 4) is 11.5 Å². The van der Waals surface area contributed by atoms with Gasteiger partial charge in [0.05, 0.1) is 24.9 Å². The topological polar surface area (TPSA) is 59.1 Å². The molecule has 0 aliphatic carbocycles. The normalized spacial score (nSPS) is 13.5. The van der Waals surface area contributed by atoms with Crippen LogP contribution in [0, 0.1) is 0 Å². The summed E-state index contributed by atoms with van der Waals surface area (Å²) in [6, 6.07) is 12.4. The highest BCUT2D eigenvalue weighted by Crippen LogP contribution is 2.30. The lowest BCUT2D eigenvalue weighted by Crippen LogP contribution is -2.33. The van der Waals surface area contributed by atoms with Crippen LogP contribution >= 0.6 is 11.6 Å². The summed E-state index contributed by atoms with van der Waals surface area (Å²) in [6.07, 6.45) is 1.27. The van der Waals surface area contributed by atoms with Crippen molar-refractivity contribution < 1.29 is 19.1 Å². The maximum atomic E-state index is 13.0. The van der Waals surface area contributed by atoms with Crippen LogP contribution in [0.15, 0.2) is 42.5 Å². The molecule has 7 heteroatoms. The first-order valence-corrected chi connectivity index (χ1v) is 9.50. The van der Waals surface area contributed by atoms with Crippen LogP contribution in [-0.4, -0.2) is 50.6 Å². The summed E-state index contributed by atoms with van der Waals surface area (Å²) in [5, 5.41) is 0.494. The first kappa shape index (κ1) is 20.0. The van der Waals surface area contributed by atoms with E-state index >= 15 is 0 Å². The fourth-order valence-corrected chi connectivity index (χ4v) is 3.32. The van der Waals surface area contributed by atoms with Gasteiger partial charge in [-0.2, -0.15) is 0 Å². The standard InChI is InChI=1S/C21H23ClN2O4/c1-23(12-13-28-19-7-4-3-6-18(19)27-2)21(26)16-10-9-15(22)14-17(16)24-11-5-8-20(24)25/h3-4,6-7,9-10,14H,5,8,11-13H2,1-2H3. The minimum absolute atomic E-state index is 0.0125. The van der Waals surface area contributed by atoms with E-state index in [1.807, 2.05) is 24.3 Å². The molecule has 1 aliphatic heterocycles. The van der Waals surface area contributed by atoms with E-state index in [0.29, 0.717) is 53.9 Å². The van der Waals surface area contributed by atoms with Gasteiger partial charge >= 0.3 is 0 Å². The van der Waals surface area contributed by atoms with Crippen molar-refractivity contribution in [1.82, 2.24) is 4.90 Å². The lowest BCUT2D eigenvalue weighted by molar-refractivity contribution is -0.117. The Bertz CT molecular complexity index is 871. The van der Waals surface area contributed by atoms with Crippen molar-refractivity contribution >= 4 is 29.1 Å². The molecule has 1 saturated heterocycles. The van der Waals surface area contributed by atoms with Gasteiger partial charge in [0, 0.05) is 25.0 Å². The van der Waals surface area contributed by atoms with Gasteiger partial charge in [0.1, 0.15) is 6.61 Å². The smallest absolute Gasteiger partial charge is 0.255 e. The SMILES string of the molecule is COc1ccccc1OCCN(C)C(=O)c1ccc(Cl)cc1N1CCCC1=O. The summed E-state index contributed by atoms with van der Waals surface area (Å²) < 4.78 is 11.0. The monoisotopic (exact) mass is 402 g/mol. The Morgan fingerprint density at radius 2 is 1.96 bits per heavy atom. The molecule has 1 aliphatic rings. The summed E-state index contributed by atoms with van der Waals surface area (Å²) >= 11 is 6.11. The summed E-state index contributed by atoms with van der Waals surface area (Å²) in [5.74, 6) is 1.10. The summed E-state index contributed by atoms with van der Waals surface area (Å²) in [6.45, 7) is 1.29. The van der Waals surface area contributed by atoms with Gasteiger partial charge < -0.3 is 19.3 Å². The maximum Gasteiger partial charge on any atom is 0.255 e. The number of benzene rings is 2. The Hall–Kier alpha value is -2.73. The van der Waals surface area contributed by atoms with Crippen molar-refractivity contribution in [3.05, 3.63) is 53.1 Å². The van der Waals surface area contributed by atoms with Crippen molar-refractivity contribution in [2.45, 2.75) is 12.8 Å². The average molecular weight is 403 g/mol. The Kier molecular flexibility index (Phi) is 6.41. The quantitative estimate of drug-likeness (QED) is 0.709. The van der Waals surface area contributed by atoms with Crippen LogP contribution in [0.5, 0.6) is 11.5 Å². The van der Waals surface area contributed by atoms with Crippen LogP contribution in [-0.2, 0) is 4.79 Å².